The maximum absolute atomic E-state index is 11.7. The Morgan fingerprint density at radius 2 is 2.04 bits per heavy atom. The molecule has 0 bridgehead atoms. The van der Waals surface area contributed by atoms with Gasteiger partial charge in [0.25, 0.3) is 0 Å². The summed E-state index contributed by atoms with van der Waals surface area (Å²) < 4.78 is 10.3. The summed E-state index contributed by atoms with van der Waals surface area (Å²) in [5.41, 5.74) is 0.964. The number of guanidine groups is 1. The van der Waals surface area contributed by atoms with Crippen molar-refractivity contribution >= 4 is 12.1 Å². The van der Waals surface area contributed by atoms with Crippen molar-refractivity contribution in [3.63, 3.8) is 0 Å². The number of rotatable bonds is 4. The lowest BCUT2D eigenvalue weighted by Gasteiger charge is -2.35. The Labute approximate surface area is 142 Å². The number of aliphatic imine (C=N–C) groups is 1. The Kier molecular flexibility index (Phi) is 6.65. The molecular formula is C16H25N5O3. The Morgan fingerprint density at radius 3 is 2.67 bits per heavy atom. The van der Waals surface area contributed by atoms with Crippen LogP contribution < -0.4 is 10.1 Å². The molecule has 8 nitrogen and oxygen atoms in total. The standard InChI is InChI=1S/C16H25N5O3/c1-4-24-16(22)21-10-8-20(9-11-21)15(17-2)19-12-13-6-5-7-18-14(13)23-3/h5-7H,4,8-12H2,1-3H3,(H,17,19). The minimum absolute atomic E-state index is 0.250. The first-order valence-electron chi connectivity index (χ1n) is 8.04. The molecule has 0 radical (unpaired) electrons. The third kappa shape index (κ3) is 4.50. The SMILES string of the molecule is CCOC(=O)N1CCN(C(=NC)NCc2cccnc2OC)CC1. The zero-order chi connectivity index (χ0) is 17.4. The highest BCUT2D eigenvalue weighted by atomic mass is 16.6. The first-order valence-corrected chi connectivity index (χ1v) is 8.04. The molecule has 1 aromatic rings. The molecule has 0 aliphatic carbocycles. The van der Waals surface area contributed by atoms with Gasteiger partial charge in [-0.3, -0.25) is 4.99 Å². The van der Waals surface area contributed by atoms with Crippen LogP contribution in [0, 0.1) is 0 Å². The summed E-state index contributed by atoms with van der Waals surface area (Å²) in [5, 5.41) is 3.32. The summed E-state index contributed by atoms with van der Waals surface area (Å²) in [4.78, 5) is 24.1. The Hall–Kier alpha value is -2.51. The summed E-state index contributed by atoms with van der Waals surface area (Å²) in [6, 6.07) is 3.84. The molecule has 1 saturated heterocycles. The molecule has 0 atom stereocenters. The van der Waals surface area contributed by atoms with E-state index in [4.69, 9.17) is 9.47 Å². The molecular weight excluding hydrogens is 310 g/mol. The smallest absolute Gasteiger partial charge is 0.409 e. The van der Waals surface area contributed by atoms with Crippen LogP contribution in [-0.4, -0.2) is 73.8 Å². The number of piperazine rings is 1. The van der Waals surface area contributed by atoms with Crippen molar-refractivity contribution in [1.29, 1.82) is 0 Å². The van der Waals surface area contributed by atoms with Gasteiger partial charge < -0.3 is 24.6 Å². The van der Waals surface area contributed by atoms with Gasteiger partial charge in [-0.15, -0.1) is 0 Å². The average molecular weight is 335 g/mol. The molecule has 2 heterocycles. The van der Waals surface area contributed by atoms with Crippen molar-refractivity contribution in [2.24, 2.45) is 4.99 Å². The number of amides is 1. The van der Waals surface area contributed by atoms with Crippen molar-refractivity contribution in [2.45, 2.75) is 13.5 Å². The van der Waals surface area contributed by atoms with Crippen LogP contribution in [0.4, 0.5) is 4.79 Å². The molecule has 1 amide bonds. The van der Waals surface area contributed by atoms with E-state index in [1.807, 2.05) is 19.1 Å². The first kappa shape index (κ1) is 17.8. The molecule has 1 N–H and O–H groups in total. The van der Waals surface area contributed by atoms with Crippen LogP contribution in [-0.2, 0) is 11.3 Å². The molecule has 0 unspecified atom stereocenters. The fourth-order valence-electron chi connectivity index (χ4n) is 2.56. The van der Waals surface area contributed by atoms with Crippen molar-refractivity contribution in [3.05, 3.63) is 23.9 Å². The molecule has 2 rings (SSSR count). The molecule has 1 aliphatic rings. The van der Waals surface area contributed by atoms with Gasteiger partial charge in [0.1, 0.15) is 0 Å². The van der Waals surface area contributed by atoms with Gasteiger partial charge in [0.15, 0.2) is 5.96 Å². The van der Waals surface area contributed by atoms with Crippen molar-refractivity contribution in [1.82, 2.24) is 20.1 Å². The molecule has 1 aromatic heterocycles. The van der Waals surface area contributed by atoms with Gasteiger partial charge in [0.2, 0.25) is 5.88 Å². The minimum atomic E-state index is -0.250. The van der Waals surface area contributed by atoms with E-state index >= 15 is 0 Å². The Bertz CT molecular complexity index is 571. The summed E-state index contributed by atoms with van der Waals surface area (Å²) in [6.45, 7) is 5.44. The number of methoxy groups -OCH3 is 1. The largest absolute Gasteiger partial charge is 0.481 e. The van der Waals surface area contributed by atoms with E-state index in [0.29, 0.717) is 45.2 Å². The molecule has 132 valence electrons. The second kappa shape index (κ2) is 8.95. The summed E-state index contributed by atoms with van der Waals surface area (Å²) in [7, 11) is 3.36. The number of carbonyl (C=O) groups excluding carboxylic acids is 1. The fourth-order valence-corrected chi connectivity index (χ4v) is 2.56. The van der Waals surface area contributed by atoms with E-state index in [1.54, 1.807) is 25.3 Å². The van der Waals surface area contributed by atoms with Crippen molar-refractivity contribution in [3.8, 4) is 5.88 Å². The van der Waals surface area contributed by atoms with Crippen LogP contribution in [0.5, 0.6) is 5.88 Å². The maximum Gasteiger partial charge on any atom is 0.409 e. The number of pyridine rings is 1. The lowest BCUT2D eigenvalue weighted by molar-refractivity contribution is 0.0914. The summed E-state index contributed by atoms with van der Waals surface area (Å²) >= 11 is 0. The predicted molar refractivity (Wildman–Crippen MR) is 91.2 cm³/mol. The third-order valence-electron chi connectivity index (χ3n) is 3.80. The second-order valence-corrected chi connectivity index (χ2v) is 5.25. The number of aromatic nitrogens is 1. The number of hydrogen-bond donors (Lipinski definition) is 1. The number of nitrogens with one attached hydrogen (secondary N) is 1. The lowest BCUT2D eigenvalue weighted by atomic mass is 10.2. The molecule has 1 fully saturated rings. The van der Waals surface area contributed by atoms with E-state index in [1.165, 1.54) is 0 Å². The Balaban J connectivity index is 1.88. The predicted octanol–water partition coefficient (Wildman–Crippen LogP) is 0.940. The van der Waals surface area contributed by atoms with Gasteiger partial charge in [0, 0.05) is 51.5 Å². The van der Waals surface area contributed by atoms with Crippen LogP contribution in [0.15, 0.2) is 23.3 Å². The fraction of sp³-hybridized carbons (Fsp3) is 0.562. The van der Waals surface area contributed by atoms with Gasteiger partial charge in [-0.25, -0.2) is 9.78 Å². The van der Waals surface area contributed by atoms with Crippen LogP contribution >= 0.6 is 0 Å². The highest BCUT2D eigenvalue weighted by Gasteiger charge is 2.23. The molecule has 24 heavy (non-hydrogen) atoms. The van der Waals surface area contributed by atoms with Gasteiger partial charge in [0.05, 0.1) is 13.7 Å². The van der Waals surface area contributed by atoms with E-state index < -0.39 is 0 Å². The number of nitrogens with zero attached hydrogens (tertiary/aromatic N) is 4. The zero-order valence-corrected chi connectivity index (χ0v) is 14.5. The molecule has 1 aliphatic heterocycles. The van der Waals surface area contributed by atoms with Crippen LogP contribution in [0.3, 0.4) is 0 Å². The van der Waals surface area contributed by atoms with Crippen LogP contribution in [0.1, 0.15) is 12.5 Å². The normalized spacial score (nSPS) is 15.2. The van der Waals surface area contributed by atoms with Gasteiger partial charge >= 0.3 is 6.09 Å². The summed E-state index contributed by atoms with van der Waals surface area (Å²) in [6.07, 6.45) is 1.45. The molecule has 0 spiro atoms. The second-order valence-electron chi connectivity index (χ2n) is 5.25. The lowest BCUT2D eigenvalue weighted by Crippen LogP contribution is -2.53. The average Bonchev–Trinajstić information content (AvgIpc) is 2.63. The van der Waals surface area contributed by atoms with E-state index in [9.17, 15) is 4.79 Å². The Morgan fingerprint density at radius 1 is 1.33 bits per heavy atom. The minimum Gasteiger partial charge on any atom is -0.481 e. The first-order chi connectivity index (χ1) is 11.7. The monoisotopic (exact) mass is 335 g/mol. The zero-order valence-electron chi connectivity index (χ0n) is 14.5. The molecule has 0 aromatic carbocycles. The van der Waals surface area contributed by atoms with Gasteiger partial charge in [-0.05, 0) is 13.0 Å². The van der Waals surface area contributed by atoms with Gasteiger partial charge in [-0.2, -0.15) is 0 Å². The topological polar surface area (TPSA) is 79.3 Å². The quantitative estimate of drug-likeness (QED) is 0.652. The summed E-state index contributed by atoms with van der Waals surface area (Å²) in [5.74, 6) is 1.40. The van der Waals surface area contributed by atoms with Crippen LogP contribution in [0.25, 0.3) is 0 Å². The number of carbonyl (C=O) groups is 1. The van der Waals surface area contributed by atoms with Crippen molar-refractivity contribution < 1.29 is 14.3 Å². The number of ether oxygens (including phenoxy) is 2. The van der Waals surface area contributed by atoms with Gasteiger partial charge in [-0.1, -0.05) is 6.07 Å². The molecule has 0 saturated carbocycles. The van der Waals surface area contributed by atoms with E-state index in [2.05, 4.69) is 20.2 Å². The van der Waals surface area contributed by atoms with E-state index in [-0.39, 0.29) is 6.09 Å². The van der Waals surface area contributed by atoms with Crippen LogP contribution in [0.2, 0.25) is 0 Å². The molecule has 8 heteroatoms. The highest BCUT2D eigenvalue weighted by molar-refractivity contribution is 5.80. The highest BCUT2D eigenvalue weighted by Crippen LogP contribution is 2.13. The maximum atomic E-state index is 11.7. The third-order valence-corrected chi connectivity index (χ3v) is 3.80. The number of hydrogen-bond acceptors (Lipinski definition) is 5. The van der Waals surface area contributed by atoms with Crippen molar-refractivity contribution in [2.75, 3.05) is 46.9 Å². The van der Waals surface area contributed by atoms with E-state index in [0.717, 1.165) is 11.5 Å².